The molecule has 1 aliphatic rings. The molecule has 2 aromatic heterocycles. The maximum absolute atomic E-state index is 12.6. The molecule has 23 heavy (non-hydrogen) atoms. The van der Waals surface area contributed by atoms with Gasteiger partial charge in [-0.15, -0.1) is 22.7 Å². The number of nitrogens with zero attached hydrogens (tertiary/aromatic N) is 3. The minimum absolute atomic E-state index is 0.209. The first kappa shape index (κ1) is 16.6. The van der Waals surface area contributed by atoms with E-state index in [2.05, 4.69) is 23.9 Å². The van der Waals surface area contributed by atoms with Gasteiger partial charge in [0, 0.05) is 31.1 Å². The second-order valence-corrected chi connectivity index (χ2v) is 8.25. The Bertz CT molecular complexity index is 679. The third-order valence-electron chi connectivity index (χ3n) is 4.46. The van der Waals surface area contributed by atoms with Gasteiger partial charge in [-0.2, -0.15) is 0 Å². The van der Waals surface area contributed by atoms with Crippen molar-refractivity contribution in [3.05, 3.63) is 38.0 Å². The van der Waals surface area contributed by atoms with Gasteiger partial charge in [-0.3, -0.25) is 4.79 Å². The van der Waals surface area contributed by atoms with Crippen LogP contribution in [-0.2, 0) is 6.54 Å². The lowest BCUT2D eigenvalue weighted by Crippen LogP contribution is -2.31. The van der Waals surface area contributed by atoms with Crippen LogP contribution in [-0.4, -0.2) is 47.4 Å². The Labute approximate surface area is 145 Å². The highest BCUT2D eigenvalue weighted by molar-refractivity contribution is 7.12. The number of hydrogen-bond acceptors (Lipinski definition) is 5. The summed E-state index contributed by atoms with van der Waals surface area (Å²) in [5.74, 6) is 0.776. The van der Waals surface area contributed by atoms with Gasteiger partial charge in [-0.05, 0) is 50.2 Å². The molecule has 4 nitrogen and oxygen atoms in total. The third-order valence-corrected chi connectivity index (χ3v) is 6.38. The molecule has 0 aromatic carbocycles. The topological polar surface area (TPSA) is 36.4 Å². The molecule has 0 aliphatic carbocycles. The second kappa shape index (κ2) is 7.11. The number of thiazole rings is 1. The first-order valence-electron chi connectivity index (χ1n) is 7.95. The molecule has 2 aromatic rings. The van der Waals surface area contributed by atoms with Crippen molar-refractivity contribution in [1.82, 2.24) is 14.8 Å². The van der Waals surface area contributed by atoms with Crippen LogP contribution in [0.5, 0.6) is 0 Å². The van der Waals surface area contributed by atoms with Crippen molar-refractivity contribution < 1.29 is 4.79 Å². The van der Waals surface area contributed by atoms with E-state index in [0.29, 0.717) is 5.92 Å². The molecule has 1 atom stereocenters. The Morgan fingerprint density at radius 2 is 2.26 bits per heavy atom. The van der Waals surface area contributed by atoms with E-state index in [1.165, 1.54) is 4.88 Å². The molecule has 1 amide bonds. The van der Waals surface area contributed by atoms with Crippen molar-refractivity contribution in [2.75, 3.05) is 26.7 Å². The zero-order valence-electron chi connectivity index (χ0n) is 13.9. The lowest BCUT2D eigenvalue weighted by atomic mass is 10.1. The first-order chi connectivity index (χ1) is 11.0. The summed E-state index contributed by atoms with van der Waals surface area (Å²) in [5, 5.41) is 2.00. The normalized spacial score (nSPS) is 18.1. The second-order valence-electron chi connectivity index (χ2n) is 6.40. The molecule has 3 heterocycles. The minimum Gasteiger partial charge on any atom is -0.338 e. The smallest absolute Gasteiger partial charge is 0.264 e. The van der Waals surface area contributed by atoms with Crippen LogP contribution >= 0.6 is 22.7 Å². The summed E-state index contributed by atoms with van der Waals surface area (Å²) < 4.78 is 0. The third kappa shape index (κ3) is 3.82. The van der Waals surface area contributed by atoms with E-state index in [4.69, 9.17) is 0 Å². The maximum Gasteiger partial charge on any atom is 0.264 e. The quantitative estimate of drug-likeness (QED) is 0.830. The predicted octanol–water partition coefficient (Wildman–Crippen LogP) is 3.42. The fourth-order valence-electron chi connectivity index (χ4n) is 3.13. The molecule has 1 fully saturated rings. The number of rotatable bonds is 5. The number of carbonyl (C=O) groups is 1. The summed E-state index contributed by atoms with van der Waals surface area (Å²) in [7, 11) is 2.16. The fourth-order valence-corrected chi connectivity index (χ4v) is 4.88. The number of aromatic nitrogens is 1. The Balaban J connectivity index is 1.53. The van der Waals surface area contributed by atoms with E-state index in [0.717, 1.165) is 48.7 Å². The number of likely N-dealkylation sites (tertiary alicyclic amines) is 1. The molecule has 3 rings (SSSR count). The summed E-state index contributed by atoms with van der Waals surface area (Å²) in [6.45, 7) is 7.83. The highest BCUT2D eigenvalue weighted by Crippen LogP contribution is 2.24. The minimum atomic E-state index is 0.209. The Morgan fingerprint density at radius 1 is 1.43 bits per heavy atom. The van der Waals surface area contributed by atoms with Crippen LogP contribution < -0.4 is 0 Å². The van der Waals surface area contributed by atoms with Crippen molar-refractivity contribution in [3.63, 3.8) is 0 Å². The van der Waals surface area contributed by atoms with Gasteiger partial charge >= 0.3 is 0 Å². The predicted molar refractivity (Wildman–Crippen MR) is 96.3 cm³/mol. The standard InChI is InChI=1S/C17H23N3OS2/c1-12-5-7-22-16(12)17(21)20-6-4-14(9-20)8-19(3)10-15-13(2)18-11-23-15/h5,7,11,14H,4,6,8-10H2,1-3H3. The van der Waals surface area contributed by atoms with Crippen molar-refractivity contribution >= 4 is 28.6 Å². The van der Waals surface area contributed by atoms with Crippen LogP contribution in [0.1, 0.15) is 32.2 Å². The zero-order chi connectivity index (χ0) is 16.4. The van der Waals surface area contributed by atoms with Gasteiger partial charge in [0.25, 0.3) is 5.91 Å². The zero-order valence-corrected chi connectivity index (χ0v) is 15.5. The molecule has 0 bridgehead atoms. The highest BCUT2D eigenvalue weighted by Gasteiger charge is 2.28. The lowest BCUT2D eigenvalue weighted by Gasteiger charge is -2.21. The Kier molecular flexibility index (Phi) is 5.14. The van der Waals surface area contributed by atoms with Gasteiger partial charge in [-0.25, -0.2) is 4.98 Å². The van der Waals surface area contributed by atoms with E-state index >= 15 is 0 Å². The highest BCUT2D eigenvalue weighted by atomic mass is 32.1. The van der Waals surface area contributed by atoms with Crippen molar-refractivity contribution in [1.29, 1.82) is 0 Å². The van der Waals surface area contributed by atoms with Crippen LogP contribution in [0.15, 0.2) is 17.0 Å². The summed E-state index contributed by atoms with van der Waals surface area (Å²) in [5.41, 5.74) is 4.15. The largest absolute Gasteiger partial charge is 0.338 e. The van der Waals surface area contributed by atoms with Gasteiger partial charge in [0.2, 0.25) is 0 Å². The number of carbonyl (C=O) groups excluding carboxylic acids is 1. The Hall–Kier alpha value is -1.24. The van der Waals surface area contributed by atoms with Crippen molar-refractivity contribution in [2.45, 2.75) is 26.8 Å². The van der Waals surface area contributed by atoms with Crippen LogP contribution in [0.2, 0.25) is 0 Å². The number of hydrogen-bond donors (Lipinski definition) is 0. The molecular weight excluding hydrogens is 326 g/mol. The van der Waals surface area contributed by atoms with E-state index in [9.17, 15) is 4.79 Å². The van der Waals surface area contributed by atoms with Crippen LogP contribution in [0.4, 0.5) is 0 Å². The van der Waals surface area contributed by atoms with E-state index in [1.807, 2.05) is 28.8 Å². The SMILES string of the molecule is Cc1ccsc1C(=O)N1CCC(CN(C)Cc2scnc2C)C1. The van der Waals surface area contributed by atoms with Crippen LogP contribution in [0.25, 0.3) is 0 Å². The summed E-state index contributed by atoms with van der Waals surface area (Å²) in [6.07, 6.45) is 1.10. The molecule has 1 saturated heterocycles. The van der Waals surface area contributed by atoms with Gasteiger partial charge in [0.15, 0.2) is 0 Å². The fraction of sp³-hybridized carbons (Fsp3) is 0.529. The lowest BCUT2D eigenvalue weighted by molar-refractivity contribution is 0.0788. The Morgan fingerprint density at radius 3 is 2.91 bits per heavy atom. The monoisotopic (exact) mass is 349 g/mol. The average molecular weight is 350 g/mol. The van der Waals surface area contributed by atoms with Crippen molar-refractivity contribution in [3.8, 4) is 0 Å². The molecule has 124 valence electrons. The van der Waals surface area contributed by atoms with Gasteiger partial charge in [-0.1, -0.05) is 0 Å². The molecular formula is C17H23N3OS2. The summed E-state index contributed by atoms with van der Waals surface area (Å²) in [6, 6.07) is 2.02. The number of aryl methyl sites for hydroxylation is 2. The van der Waals surface area contributed by atoms with Crippen LogP contribution in [0.3, 0.4) is 0 Å². The molecule has 0 saturated carbocycles. The van der Waals surface area contributed by atoms with Crippen LogP contribution in [0, 0.1) is 19.8 Å². The molecule has 6 heteroatoms. The summed E-state index contributed by atoms with van der Waals surface area (Å²) >= 11 is 3.28. The number of amides is 1. The first-order valence-corrected chi connectivity index (χ1v) is 9.71. The van der Waals surface area contributed by atoms with Gasteiger partial charge in [0.1, 0.15) is 0 Å². The summed E-state index contributed by atoms with van der Waals surface area (Å²) in [4.78, 5) is 23.5. The van der Waals surface area contributed by atoms with Gasteiger partial charge in [0.05, 0.1) is 16.1 Å². The molecule has 0 spiro atoms. The molecule has 0 radical (unpaired) electrons. The van der Waals surface area contributed by atoms with Crippen molar-refractivity contribution in [2.24, 2.45) is 5.92 Å². The molecule has 1 unspecified atom stereocenters. The maximum atomic E-state index is 12.6. The average Bonchev–Trinajstić information content (AvgIpc) is 3.22. The van der Waals surface area contributed by atoms with E-state index in [-0.39, 0.29) is 5.91 Å². The van der Waals surface area contributed by atoms with E-state index < -0.39 is 0 Å². The van der Waals surface area contributed by atoms with Gasteiger partial charge < -0.3 is 9.80 Å². The van der Waals surface area contributed by atoms with E-state index in [1.54, 1.807) is 22.7 Å². The molecule has 0 N–H and O–H groups in total. The number of thiophene rings is 1. The molecule has 1 aliphatic heterocycles.